The standard InChI is InChI=1S/C25H30FN5O2/c1-29(11-12-32)22(33)15-31-9-6-16(7-10-31)24-20-14-30(2)21-4-3-17(26)13-19(21)18-5-8-27-25(28-24)23(18)20/h3-5,8,13,16,32H,6-7,9-12,14-15H2,1-2H3,(H,27,28). The van der Waals surface area contributed by atoms with Crippen LogP contribution in [-0.4, -0.2) is 77.7 Å². The summed E-state index contributed by atoms with van der Waals surface area (Å²) in [5.74, 6) is 0.160. The van der Waals surface area contributed by atoms with Gasteiger partial charge in [0.25, 0.3) is 0 Å². The number of piperidine rings is 1. The van der Waals surface area contributed by atoms with E-state index in [0.717, 1.165) is 60.3 Å². The third kappa shape index (κ3) is 3.98. The molecule has 174 valence electrons. The molecular formula is C25H30FN5O2. The molecule has 0 radical (unpaired) electrons. The Morgan fingerprint density at radius 3 is 2.82 bits per heavy atom. The molecule has 3 aromatic rings. The number of carbonyl (C=O) groups is 1. The van der Waals surface area contributed by atoms with Crippen molar-refractivity contribution >= 4 is 22.6 Å². The summed E-state index contributed by atoms with van der Waals surface area (Å²) in [4.78, 5) is 26.5. The molecule has 2 aromatic heterocycles. The van der Waals surface area contributed by atoms with Gasteiger partial charge in [0.2, 0.25) is 5.91 Å². The summed E-state index contributed by atoms with van der Waals surface area (Å²) in [6.45, 7) is 3.16. The molecule has 0 aliphatic carbocycles. The Morgan fingerprint density at radius 1 is 1.27 bits per heavy atom. The summed E-state index contributed by atoms with van der Waals surface area (Å²) in [7, 11) is 3.78. The molecule has 4 heterocycles. The minimum Gasteiger partial charge on any atom is -0.395 e. The van der Waals surface area contributed by atoms with Crippen molar-refractivity contribution in [3.8, 4) is 11.1 Å². The van der Waals surface area contributed by atoms with E-state index in [-0.39, 0.29) is 18.3 Å². The second-order valence-electron chi connectivity index (χ2n) is 9.21. The van der Waals surface area contributed by atoms with E-state index in [1.54, 1.807) is 24.2 Å². The minimum atomic E-state index is -0.238. The average molecular weight is 452 g/mol. The topological polar surface area (TPSA) is 75.7 Å². The van der Waals surface area contributed by atoms with Gasteiger partial charge in [0.15, 0.2) is 0 Å². The normalized spacial score (nSPS) is 16.7. The second-order valence-corrected chi connectivity index (χ2v) is 9.21. The van der Waals surface area contributed by atoms with Gasteiger partial charge in [-0.15, -0.1) is 0 Å². The fourth-order valence-corrected chi connectivity index (χ4v) is 5.28. The van der Waals surface area contributed by atoms with Crippen LogP contribution in [0.25, 0.3) is 22.2 Å². The van der Waals surface area contributed by atoms with E-state index >= 15 is 0 Å². The van der Waals surface area contributed by atoms with E-state index in [0.29, 0.717) is 19.0 Å². The third-order valence-corrected chi connectivity index (χ3v) is 7.10. The smallest absolute Gasteiger partial charge is 0.236 e. The van der Waals surface area contributed by atoms with Crippen LogP contribution in [0, 0.1) is 5.82 Å². The Hall–Kier alpha value is -2.97. The highest BCUT2D eigenvalue weighted by molar-refractivity contribution is 6.01. The number of aliphatic hydroxyl groups is 1. The number of aromatic nitrogens is 2. The molecule has 7 nitrogen and oxygen atoms in total. The second kappa shape index (κ2) is 8.76. The van der Waals surface area contributed by atoms with Crippen molar-refractivity contribution in [2.45, 2.75) is 25.3 Å². The Morgan fingerprint density at radius 2 is 2.06 bits per heavy atom. The summed E-state index contributed by atoms with van der Waals surface area (Å²) in [5, 5.41) is 10.1. The molecule has 2 N–H and O–H groups in total. The molecule has 2 aliphatic rings. The fourth-order valence-electron chi connectivity index (χ4n) is 5.28. The molecule has 0 bridgehead atoms. The van der Waals surface area contributed by atoms with Crippen molar-refractivity contribution in [2.24, 2.45) is 0 Å². The van der Waals surface area contributed by atoms with Gasteiger partial charge in [-0.2, -0.15) is 0 Å². The number of likely N-dealkylation sites (tertiary alicyclic amines) is 1. The van der Waals surface area contributed by atoms with E-state index in [4.69, 9.17) is 5.11 Å². The van der Waals surface area contributed by atoms with E-state index in [1.807, 2.05) is 12.1 Å². The van der Waals surface area contributed by atoms with Gasteiger partial charge in [-0.25, -0.2) is 9.37 Å². The number of pyridine rings is 1. The van der Waals surface area contributed by atoms with E-state index < -0.39 is 0 Å². The summed E-state index contributed by atoms with van der Waals surface area (Å²) in [6, 6.07) is 6.98. The maximum absolute atomic E-state index is 14.1. The van der Waals surface area contributed by atoms with Crippen molar-refractivity contribution < 1.29 is 14.3 Å². The number of carbonyl (C=O) groups excluding carboxylic acids is 1. The van der Waals surface area contributed by atoms with Crippen molar-refractivity contribution in [2.75, 3.05) is 51.8 Å². The van der Waals surface area contributed by atoms with Crippen molar-refractivity contribution in [3.63, 3.8) is 0 Å². The first-order valence-corrected chi connectivity index (χ1v) is 11.5. The lowest BCUT2D eigenvalue weighted by Gasteiger charge is -2.33. The number of hydrogen-bond acceptors (Lipinski definition) is 5. The number of likely N-dealkylation sites (N-methyl/N-ethyl adjacent to an activating group) is 1. The van der Waals surface area contributed by atoms with Crippen LogP contribution in [0.2, 0.25) is 0 Å². The number of aromatic amines is 1. The highest BCUT2D eigenvalue weighted by Gasteiger charge is 2.30. The number of nitrogens with one attached hydrogen (secondary N) is 1. The minimum absolute atomic E-state index is 0.0194. The van der Waals surface area contributed by atoms with Crippen LogP contribution in [0.5, 0.6) is 0 Å². The predicted octanol–water partition coefficient (Wildman–Crippen LogP) is 2.95. The highest BCUT2D eigenvalue weighted by atomic mass is 19.1. The van der Waals surface area contributed by atoms with Gasteiger partial charge >= 0.3 is 0 Å². The molecule has 0 spiro atoms. The first-order chi connectivity index (χ1) is 16.0. The zero-order chi connectivity index (χ0) is 23.1. The highest BCUT2D eigenvalue weighted by Crippen LogP contribution is 2.44. The first kappa shape index (κ1) is 21.9. The van der Waals surface area contributed by atoms with Crippen molar-refractivity contribution in [1.29, 1.82) is 0 Å². The molecule has 1 fully saturated rings. The zero-order valence-corrected chi connectivity index (χ0v) is 19.1. The molecule has 0 unspecified atom stereocenters. The van der Waals surface area contributed by atoms with Gasteiger partial charge in [-0.1, -0.05) is 0 Å². The molecular weight excluding hydrogens is 421 g/mol. The Balaban J connectivity index is 1.42. The molecule has 33 heavy (non-hydrogen) atoms. The molecule has 1 amide bonds. The number of H-pyrrole nitrogens is 1. The van der Waals surface area contributed by atoms with Crippen molar-refractivity contribution in [1.82, 2.24) is 19.8 Å². The van der Waals surface area contributed by atoms with Gasteiger partial charge < -0.3 is 19.9 Å². The molecule has 8 heteroatoms. The lowest BCUT2D eigenvalue weighted by atomic mass is 9.90. The van der Waals surface area contributed by atoms with Gasteiger partial charge in [0.05, 0.1) is 13.2 Å². The fraction of sp³-hybridized carbons (Fsp3) is 0.440. The molecule has 5 rings (SSSR count). The number of hydrogen-bond donors (Lipinski definition) is 2. The maximum Gasteiger partial charge on any atom is 0.236 e. The van der Waals surface area contributed by atoms with Crippen LogP contribution in [-0.2, 0) is 11.3 Å². The lowest BCUT2D eigenvalue weighted by molar-refractivity contribution is -0.131. The zero-order valence-electron chi connectivity index (χ0n) is 19.1. The summed E-state index contributed by atoms with van der Waals surface area (Å²) >= 11 is 0. The quantitative estimate of drug-likeness (QED) is 0.624. The van der Waals surface area contributed by atoms with Gasteiger partial charge in [-0.05, 0) is 55.8 Å². The van der Waals surface area contributed by atoms with Gasteiger partial charge in [0.1, 0.15) is 11.5 Å². The van der Waals surface area contributed by atoms with E-state index in [1.165, 1.54) is 17.3 Å². The number of halogens is 1. The van der Waals surface area contributed by atoms with E-state index in [2.05, 4.69) is 26.8 Å². The van der Waals surface area contributed by atoms with Crippen LogP contribution < -0.4 is 4.90 Å². The number of fused-ring (bicyclic) bond motifs is 2. The van der Waals surface area contributed by atoms with Crippen LogP contribution in [0.1, 0.15) is 30.0 Å². The lowest BCUT2D eigenvalue weighted by Crippen LogP contribution is -2.42. The number of amides is 1. The Bertz CT molecular complexity index is 1180. The van der Waals surface area contributed by atoms with Crippen LogP contribution in [0.3, 0.4) is 0 Å². The van der Waals surface area contributed by atoms with Gasteiger partial charge in [0, 0.05) is 67.2 Å². The Kier molecular flexibility index (Phi) is 5.80. The molecule has 1 saturated heterocycles. The molecule has 1 aromatic carbocycles. The summed E-state index contributed by atoms with van der Waals surface area (Å²) in [6.07, 6.45) is 3.70. The SMILES string of the molecule is CN(CCO)C(=O)CN1CCC(c2[nH]c3nccc4c3c2CN(C)c2ccc(F)cc2-4)CC1. The predicted molar refractivity (Wildman–Crippen MR) is 127 cm³/mol. The molecule has 0 atom stereocenters. The maximum atomic E-state index is 14.1. The van der Waals surface area contributed by atoms with E-state index in [9.17, 15) is 9.18 Å². The monoisotopic (exact) mass is 451 g/mol. The molecule has 0 saturated carbocycles. The first-order valence-electron chi connectivity index (χ1n) is 11.5. The number of nitrogens with zero attached hydrogens (tertiary/aromatic N) is 4. The van der Waals surface area contributed by atoms with Crippen LogP contribution >= 0.6 is 0 Å². The third-order valence-electron chi connectivity index (χ3n) is 7.10. The molecule has 2 aliphatic heterocycles. The van der Waals surface area contributed by atoms with Crippen molar-refractivity contribution in [3.05, 3.63) is 47.5 Å². The Labute approximate surface area is 192 Å². The van der Waals surface area contributed by atoms with Crippen LogP contribution in [0.15, 0.2) is 30.5 Å². The van der Waals surface area contributed by atoms with Gasteiger partial charge in [-0.3, -0.25) is 9.69 Å². The number of rotatable bonds is 5. The largest absolute Gasteiger partial charge is 0.395 e. The van der Waals surface area contributed by atoms with Crippen LogP contribution in [0.4, 0.5) is 10.1 Å². The number of benzene rings is 1. The summed E-state index contributed by atoms with van der Waals surface area (Å²) in [5.41, 5.74) is 6.25. The summed E-state index contributed by atoms with van der Waals surface area (Å²) < 4.78 is 14.1. The number of aliphatic hydroxyl groups excluding tert-OH is 1. The number of anilines is 1. The average Bonchev–Trinajstić information content (AvgIpc) is 3.12.